The lowest BCUT2D eigenvalue weighted by Gasteiger charge is -2.18. The second kappa shape index (κ2) is 4.79. The SMILES string of the molecule is C[C@H](NS(=O)(=O)O)[C@@H](O)c1cccc(O)c1. The van der Waals surface area contributed by atoms with Gasteiger partial charge in [-0.3, -0.25) is 4.55 Å². The van der Waals surface area contributed by atoms with Crippen LogP contribution in [0.25, 0.3) is 0 Å². The molecule has 6 nitrogen and oxygen atoms in total. The summed E-state index contributed by atoms with van der Waals surface area (Å²) in [4.78, 5) is 0. The molecule has 0 aliphatic carbocycles. The van der Waals surface area contributed by atoms with E-state index >= 15 is 0 Å². The molecule has 0 aromatic heterocycles. The van der Waals surface area contributed by atoms with Crippen LogP contribution in [0.1, 0.15) is 18.6 Å². The quantitative estimate of drug-likeness (QED) is 0.569. The Balaban J connectivity index is 2.82. The van der Waals surface area contributed by atoms with E-state index in [2.05, 4.69) is 0 Å². The van der Waals surface area contributed by atoms with Gasteiger partial charge in [0, 0.05) is 0 Å². The summed E-state index contributed by atoms with van der Waals surface area (Å²) in [6.45, 7) is 1.39. The lowest BCUT2D eigenvalue weighted by Crippen LogP contribution is -2.36. The van der Waals surface area contributed by atoms with Crippen molar-refractivity contribution >= 4 is 10.3 Å². The zero-order valence-electron chi connectivity index (χ0n) is 8.53. The van der Waals surface area contributed by atoms with E-state index in [0.717, 1.165) is 0 Å². The van der Waals surface area contributed by atoms with E-state index in [4.69, 9.17) is 4.55 Å². The number of aliphatic hydroxyl groups excluding tert-OH is 1. The summed E-state index contributed by atoms with van der Waals surface area (Å²) in [6.07, 6.45) is -1.16. The second-order valence-electron chi connectivity index (χ2n) is 3.42. The van der Waals surface area contributed by atoms with Gasteiger partial charge in [-0.2, -0.15) is 13.1 Å². The van der Waals surface area contributed by atoms with Crippen LogP contribution in [0.4, 0.5) is 0 Å². The molecule has 0 aliphatic rings. The van der Waals surface area contributed by atoms with Crippen LogP contribution in [0.2, 0.25) is 0 Å². The van der Waals surface area contributed by atoms with Crippen LogP contribution >= 0.6 is 0 Å². The zero-order valence-corrected chi connectivity index (χ0v) is 9.35. The van der Waals surface area contributed by atoms with Gasteiger partial charge in [-0.1, -0.05) is 12.1 Å². The molecule has 7 heteroatoms. The van der Waals surface area contributed by atoms with Gasteiger partial charge < -0.3 is 10.2 Å². The van der Waals surface area contributed by atoms with E-state index in [1.807, 2.05) is 4.72 Å². The Kier molecular flexibility index (Phi) is 3.87. The summed E-state index contributed by atoms with van der Waals surface area (Å²) in [6, 6.07) is 4.89. The van der Waals surface area contributed by atoms with Crippen molar-refractivity contribution in [2.45, 2.75) is 19.1 Å². The first-order chi connectivity index (χ1) is 7.29. The molecule has 0 saturated carbocycles. The molecule has 16 heavy (non-hydrogen) atoms. The molecule has 2 atom stereocenters. The van der Waals surface area contributed by atoms with Crippen LogP contribution in [-0.2, 0) is 10.3 Å². The van der Waals surface area contributed by atoms with Crippen molar-refractivity contribution in [1.29, 1.82) is 0 Å². The minimum atomic E-state index is -4.36. The number of benzene rings is 1. The fraction of sp³-hybridized carbons (Fsp3) is 0.333. The van der Waals surface area contributed by atoms with Crippen LogP contribution in [0.3, 0.4) is 0 Å². The minimum absolute atomic E-state index is 0.0318. The number of rotatable bonds is 4. The molecule has 0 unspecified atom stereocenters. The van der Waals surface area contributed by atoms with E-state index in [9.17, 15) is 18.6 Å². The maximum absolute atomic E-state index is 10.5. The lowest BCUT2D eigenvalue weighted by atomic mass is 10.0. The van der Waals surface area contributed by atoms with Crippen molar-refractivity contribution in [2.24, 2.45) is 0 Å². The summed E-state index contributed by atoms with van der Waals surface area (Å²) >= 11 is 0. The number of aromatic hydroxyl groups is 1. The van der Waals surface area contributed by atoms with Crippen LogP contribution in [0.5, 0.6) is 5.75 Å². The zero-order chi connectivity index (χ0) is 12.3. The second-order valence-corrected chi connectivity index (χ2v) is 4.61. The van der Waals surface area contributed by atoms with E-state index in [0.29, 0.717) is 5.56 Å². The molecule has 0 aliphatic heterocycles. The summed E-state index contributed by atoms with van der Waals surface area (Å²) in [5.41, 5.74) is 0.351. The average Bonchev–Trinajstić information content (AvgIpc) is 2.14. The predicted molar refractivity (Wildman–Crippen MR) is 57.2 cm³/mol. The molecule has 0 fully saturated rings. The van der Waals surface area contributed by atoms with Crippen molar-refractivity contribution in [1.82, 2.24) is 4.72 Å². The lowest BCUT2D eigenvalue weighted by molar-refractivity contribution is 0.144. The molecular weight excluding hydrogens is 234 g/mol. The monoisotopic (exact) mass is 247 g/mol. The number of phenols is 1. The third-order valence-corrected chi connectivity index (χ3v) is 2.69. The van der Waals surface area contributed by atoms with Gasteiger partial charge in [0.1, 0.15) is 5.75 Å². The molecule has 0 amide bonds. The van der Waals surface area contributed by atoms with Gasteiger partial charge >= 0.3 is 10.3 Å². The molecule has 0 bridgehead atoms. The summed E-state index contributed by atoms with van der Waals surface area (Å²) in [5.74, 6) is -0.0318. The smallest absolute Gasteiger partial charge is 0.333 e. The Bertz CT molecular complexity index is 459. The average molecular weight is 247 g/mol. The highest BCUT2D eigenvalue weighted by atomic mass is 32.2. The maximum Gasteiger partial charge on any atom is 0.333 e. The maximum atomic E-state index is 10.5. The van der Waals surface area contributed by atoms with Crippen LogP contribution < -0.4 is 4.72 Å². The topological polar surface area (TPSA) is 107 Å². The molecule has 0 spiro atoms. The highest BCUT2D eigenvalue weighted by Gasteiger charge is 2.20. The van der Waals surface area contributed by atoms with Crippen molar-refractivity contribution in [3.63, 3.8) is 0 Å². The molecule has 0 radical (unpaired) electrons. The van der Waals surface area contributed by atoms with Crippen LogP contribution in [0.15, 0.2) is 24.3 Å². The first-order valence-corrected chi connectivity index (χ1v) is 5.95. The molecule has 1 aromatic carbocycles. The highest BCUT2D eigenvalue weighted by molar-refractivity contribution is 7.83. The molecule has 0 heterocycles. The number of phenolic OH excluding ortho intramolecular Hbond substituents is 1. The first-order valence-electron chi connectivity index (χ1n) is 4.51. The number of aliphatic hydroxyl groups is 1. The van der Waals surface area contributed by atoms with Gasteiger partial charge in [-0.25, -0.2) is 0 Å². The van der Waals surface area contributed by atoms with Crippen molar-refractivity contribution < 1.29 is 23.2 Å². The first kappa shape index (κ1) is 12.9. The minimum Gasteiger partial charge on any atom is -0.508 e. The Hall–Kier alpha value is -1.15. The van der Waals surface area contributed by atoms with E-state index in [1.54, 1.807) is 0 Å². The van der Waals surface area contributed by atoms with Gasteiger partial charge in [-0.05, 0) is 24.6 Å². The van der Waals surface area contributed by atoms with Crippen LogP contribution in [0, 0.1) is 0 Å². The fourth-order valence-electron chi connectivity index (χ4n) is 1.30. The third kappa shape index (κ3) is 3.78. The van der Waals surface area contributed by atoms with Gasteiger partial charge in [0.25, 0.3) is 0 Å². The van der Waals surface area contributed by atoms with Gasteiger partial charge in [0.15, 0.2) is 0 Å². The van der Waals surface area contributed by atoms with Gasteiger partial charge in [0.2, 0.25) is 0 Å². The summed E-state index contributed by atoms with van der Waals surface area (Å²) in [7, 11) is -4.36. The summed E-state index contributed by atoms with van der Waals surface area (Å²) < 4.78 is 31.4. The normalized spacial score (nSPS) is 15.7. The molecule has 90 valence electrons. The van der Waals surface area contributed by atoms with Gasteiger partial charge in [-0.15, -0.1) is 0 Å². The van der Waals surface area contributed by atoms with Crippen molar-refractivity contribution in [3.8, 4) is 5.75 Å². The Labute approximate surface area is 93.4 Å². The molecule has 0 saturated heterocycles. The fourth-order valence-corrected chi connectivity index (χ4v) is 1.90. The standard InChI is InChI=1S/C9H13NO5S/c1-6(10-16(13,14)15)9(12)7-3-2-4-8(11)5-7/h2-6,9-12H,1H3,(H,13,14,15)/t6-,9+/m0/s1. The number of hydrogen-bond donors (Lipinski definition) is 4. The largest absolute Gasteiger partial charge is 0.508 e. The van der Waals surface area contributed by atoms with Crippen molar-refractivity contribution in [3.05, 3.63) is 29.8 Å². The Morgan fingerprint density at radius 1 is 1.38 bits per heavy atom. The molecule has 1 aromatic rings. The molecule has 4 N–H and O–H groups in total. The molecular formula is C9H13NO5S. The number of hydrogen-bond acceptors (Lipinski definition) is 4. The number of nitrogens with one attached hydrogen (secondary N) is 1. The molecule has 1 rings (SSSR count). The predicted octanol–water partition coefficient (Wildman–Crippen LogP) is 0.207. The van der Waals surface area contributed by atoms with E-state index in [-0.39, 0.29) is 5.75 Å². The van der Waals surface area contributed by atoms with E-state index in [1.165, 1.54) is 31.2 Å². The van der Waals surface area contributed by atoms with E-state index < -0.39 is 22.4 Å². The van der Waals surface area contributed by atoms with Gasteiger partial charge in [0.05, 0.1) is 12.1 Å². The third-order valence-electron chi connectivity index (χ3n) is 2.02. The van der Waals surface area contributed by atoms with Crippen molar-refractivity contribution in [2.75, 3.05) is 0 Å². The Morgan fingerprint density at radius 2 is 2.00 bits per heavy atom. The summed E-state index contributed by atoms with van der Waals surface area (Å²) in [5, 5.41) is 18.9. The van der Waals surface area contributed by atoms with Crippen LogP contribution in [-0.4, -0.2) is 29.2 Å². The highest BCUT2D eigenvalue weighted by Crippen LogP contribution is 2.20. The Morgan fingerprint density at radius 3 is 2.50 bits per heavy atom.